The number of carbonyl (C=O) groups excluding carboxylic acids is 2. The number of nitrogens with one attached hydrogen (secondary N) is 3. The molecular weight excluding hydrogens is 374 g/mol. The molecule has 2 aromatic heterocycles. The van der Waals surface area contributed by atoms with E-state index in [1.807, 2.05) is 23.6 Å². The summed E-state index contributed by atoms with van der Waals surface area (Å²) in [4.78, 5) is 26.0. The molecule has 28 heavy (non-hydrogen) atoms. The van der Waals surface area contributed by atoms with Gasteiger partial charge in [-0.15, -0.1) is 11.3 Å². The Morgan fingerprint density at radius 2 is 2.21 bits per heavy atom. The number of hydrogen-bond acceptors (Lipinski definition) is 5. The van der Waals surface area contributed by atoms with E-state index in [0.717, 1.165) is 49.1 Å². The average molecular weight is 402 g/mol. The highest BCUT2D eigenvalue weighted by Gasteiger charge is 2.30. The van der Waals surface area contributed by atoms with Gasteiger partial charge in [-0.25, -0.2) is 4.68 Å². The molecule has 2 amide bonds. The van der Waals surface area contributed by atoms with Gasteiger partial charge in [0.15, 0.2) is 6.29 Å². The molecule has 8 heteroatoms. The highest BCUT2D eigenvalue weighted by atomic mass is 32.1. The predicted molar refractivity (Wildman–Crippen MR) is 110 cm³/mol. The number of rotatable bonds is 6. The molecule has 1 aliphatic heterocycles. The van der Waals surface area contributed by atoms with E-state index >= 15 is 0 Å². The maximum atomic E-state index is 12.7. The van der Waals surface area contributed by atoms with Gasteiger partial charge in [-0.3, -0.25) is 14.9 Å². The fourth-order valence-corrected chi connectivity index (χ4v) is 4.75. The van der Waals surface area contributed by atoms with Crippen molar-refractivity contribution in [3.63, 3.8) is 0 Å². The molecule has 3 heterocycles. The molecule has 150 valence electrons. The van der Waals surface area contributed by atoms with Crippen LogP contribution < -0.4 is 16.0 Å². The van der Waals surface area contributed by atoms with Gasteiger partial charge in [0.05, 0.1) is 4.88 Å². The van der Waals surface area contributed by atoms with E-state index in [4.69, 9.17) is 5.10 Å². The van der Waals surface area contributed by atoms with Crippen molar-refractivity contribution >= 4 is 29.0 Å². The molecule has 2 atom stereocenters. The Balaban J connectivity index is 1.62. The Kier molecular flexibility index (Phi) is 5.77. The van der Waals surface area contributed by atoms with E-state index in [1.54, 1.807) is 16.0 Å². The number of nitrogens with zero attached hydrogens (tertiary/aromatic N) is 2. The topological polar surface area (TPSA) is 88.1 Å². The first-order chi connectivity index (χ1) is 13.6. The molecule has 2 fully saturated rings. The van der Waals surface area contributed by atoms with Gasteiger partial charge in [-0.05, 0) is 30.7 Å². The Hall–Kier alpha value is -2.19. The lowest BCUT2D eigenvalue weighted by Gasteiger charge is -2.32. The van der Waals surface area contributed by atoms with Gasteiger partial charge in [0.2, 0.25) is 11.8 Å². The van der Waals surface area contributed by atoms with Crippen molar-refractivity contribution in [2.75, 3.05) is 5.32 Å². The van der Waals surface area contributed by atoms with Crippen molar-refractivity contribution in [3.05, 3.63) is 23.6 Å². The standard InChI is InChI=1S/C20H27N5O2S/c1-2-6-14-11-18(26)23-20(21-14)25-17(22-19(27)13-7-3-4-8-13)12-15(24-25)16-9-5-10-28-16/h5,9-10,12-14,20-21H,2-4,6-8,11H2,1H3,(H,22,27)(H,23,26). The van der Waals surface area contributed by atoms with Crippen LogP contribution in [0.3, 0.4) is 0 Å². The largest absolute Gasteiger partial charge is 0.322 e. The molecule has 1 saturated carbocycles. The Morgan fingerprint density at radius 3 is 2.93 bits per heavy atom. The second kappa shape index (κ2) is 8.45. The molecule has 0 aromatic carbocycles. The van der Waals surface area contributed by atoms with Gasteiger partial charge in [-0.2, -0.15) is 5.10 Å². The first kappa shape index (κ1) is 19.1. The molecule has 4 rings (SSSR count). The fraction of sp³-hybridized carbons (Fsp3) is 0.550. The maximum Gasteiger partial charge on any atom is 0.228 e. The van der Waals surface area contributed by atoms with Crippen molar-refractivity contribution in [3.8, 4) is 10.6 Å². The van der Waals surface area contributed by atoms with E-state index in [-0.39, 0.29) is 23.8 Å². The van der Waals surface area contributed by atoms with Crippen molar-refractivity contribution in [2.45, 2.75) is 64.2 Å². The maximum absolute atomic E-state index is 12.7. The van der Waals surface area contributed by atoms with Crippen LogP contribution in [0.5, 0.6) is 0 Å². The van der Waals surface area contributed by atoms with E-state index in [9.17, 15) is 9.59 Å². The van der Waals surface area contributed by atoms with E-state index in [1.165, 1.54) is 0 Å². The van der Waals surface area contributed by atoms with E-state index in [2.05, 4.69) is 22.9 Å². The molecule has 2 aromatic rings. The highest BCUT2D eigenvalue weighted by molar-refractivity contribution is 7.13. The molecule has 0 radical (unpaired) electrons. The third-order valence-corrected chi connectivity index (χ3v) is 6.38. The quantitative estimate of drug-likeness (QED) is 0.692. The zero-order valence-corrected chi connectivity index (χ0v) is 16.9. The molecule has 0 bridgehead atoms. The number of thiophene rings is 1. The summed E-state index contributed by atoms with van der Waals surface area (Å²) in [6.07, 6.45) is 6.02. The molecule has 1 aliphatic carbocycles. The first-order valence-corrected chi connectivity index (χ1v) is 11.0. The predicted octanol–water partition coefficient (Wildman–Crippen LogP) is 3.47. The minimum Gasteiger partial charge on any atom is -0.322 e. The summed E-state index contributed by atoms with van der Waals surface area (Å²) < 4.78 is 1.71. The van der Waals surface area contributed by atoms with E-state index < -0.39 is 6.29 Å². The number of anilines is 1. The Morgan fingerprint density at radius 1 is 1.39 bits per heavy atom. The van der Waals surface area contributed by atoms with Crippen LogP contribution >= 0.6 is 11.3 Å². The number of hydrogen-bond donors (Lipinski definition) is 3. The first-order valence-electron chi connectivity index (χ1n) is 10.1. The summed E-state index contributed by atoms with van der Waals surface area (Å²) in [5.74, 6) is 0.734. The van der Waals surface area contributed by atoms with Crippen LogP contribution in [0, 0.1) is 5.92 Å². The van der Waals surface area contributed by atoms with Gasteiger partial charge >= 0.3 is 0 Å². The van der Waals surface area contributed by atoms with Gasteiger partial charge < -0.3 is 10.6 Å². The molecule has 3 N–H and O–H groups in total. The Bertz CT molecular complexity index is 826. The summed E-state index contributed by atoms with van der Waals surface area (Å²) in [6, 6.07) is 5.99. The van der Waals surface area contributed by atoms with Crippen molar-refractivity contribution in [1.82, 2.24) is 20.4 Å². The summed E-state index contributed by atoms with van der Waals surface area (Å²) in [6.45, 7) is 2.11. The van der Waals surface area contributed by atoms with Crippen LogP contribution in [0.25, 0.3) is 10.6 Å². The van der Waals surface area contributed by atoms with Crippen molar-refractivity contribution < 1.29 is 9.59 Å². The minimum absolute atomic E-state index is 0.00319. The average Bonchev–Trinajstić information content (AvgIpc) is 3.42. The van der Waals surface area contributed by atoms with Crippen molar-refractivity contribution in [2.24, 2.45) is 5.92 Å². The van der Waals surface area contributed by atoms with Crippen LogP contribution in [-0.2, 0) is 9.59 Å². The summed E-state index contributed by atoms with van der Waals surface area (Å²) in [7, 11) is 0. The monoisotopic (exact) mass is 401 g/mol. The number of aromatic nitrogens is 2. The van der Waals surface area contributed by atoms with Crippen LogP contribution in [0.1, 0.15) is 58.2 Å². The molecule has 2 unspecified atom stereocenters. The SMILES string of the molecule is CCCC1CC(=O)NC(n2nc(-c3cccs3)cc2NC(=O)C2CCCC2)N1. The van der Waals surface area contributed by atoms with Crippen LogP contribution in [-0.4, -0.2) is 27.6 Å². The molecular formula is C20H27N5O2S. The van der Waals surface area contributed by atoms with Crippen LogP contribution in [0.15, 0.2) is 23.6 Å². The summed E-state index contributed by atoms with van der Waals surface area (Å²) >= 11 is 1.60. The molecule has 0 spiro atoms. The second-order valence-electron chi connectivity index (χ2n) is 7.63. The van der Waals surface area contributed by atoms with Crippen LogP contribution in [0.2, 0.25) is 0 Å². The smallest absolute Gasteiger partial charge is 0.228 e. The van der Waals surface area contributed by atoms with Gasteiger partial charge in [0.25, 0.3) is 0 Å². The number of carbonyl (C=O) groups is 2. The zero-order chi connectivity index (χ0) is 19.5. The summed E-state index contributed by atoms with van der Waals surface area (Å²) in [5, 5.41) is 16.2. The lowest BCUT2D eigenvalue weighted by Crippen LogP contribution is -2.53. The fourth-order valence-electron chi connectivity index (χ4n) is 4.07. The zero-order valence-electron chi connectivity index (χ0n) is 16.1. The second-order valence-corrected chi connectivity index (χ2v) is 8.58. The molecule has 1 saturated heterocycles. The van der Waals surface area contributed by atoms with Crippen molar-refractivity contribution in [1.29, 1.82) is 0 Å². The molecule has 7 nitrogen and oxygen atoms in total. The Labute approximate surface area is 168 Å². The highest BCUT2D eigenvalue weighted by Crippen LogP contribution is 2.30. The number of amides is 2. The summed E-state index contributed by atoms with van der Waals surface area (Å²) in [5.41, 5.74) is 0.797. The normalized spacial score (nSPS) is 23.0. The van der Waals surface area contributed by atoms with Gasteiger partial charge in [-0.1, -0.05) is 32.3 Å². The third-order valence-electron chi connectivity index (χ3n) is 5.49. The van der Waals surface area contributed by atoms with Gasteiger partial charge in [0.1, 0.15) is 11.5 Å². The van der Waals surface area contributed by atoms with E-state index in [0.29, 0.717) is 12.2 Å². The lowest BCUT2D eigenvalue weighted by molar-refractivity contribution is -0.125. The third kappa shape index (κ3) is 4.12. The van der Waals surface area contributed by atoms with Crippen LogP contribution in [0.4, 0.5) is 5.82 Å². The lowest BCUT2D eigenvalue weighted by atomic mass is 10.1. The minimum atomic E-state index is -0.467. The van der Waals surface area contributed by atoms with Gasteiger partial charge in [0, 0.05) is 24.4 Å². The molecule has 2 aliphatic rings.